The minimum Gasteiger partial charge on any atom is -0.485 e. The number of carbonyl (C=O) groups excluding carboxylic acids is 1. The number of benzene rings is 3. The van der Waals surface area contributed by atoms with Gasteiger partial charge < -0.3 is 14.6 Å². The molecule has 1 N–H and O–H groups in total. The Morgan fingerprint density at radius 3 is 2.66 bits per heavy atom. The molecular weight excluding hydrogens is 420 g/mol. The van der Waals surface area contributed by atoms with Gasteiger partial charge in [-0.2, -0.15) is 0 Å². The van der Waals surface area contributed by atoms with Crippen LogP contribution in [0.25, 0.3) is 10.8 Å². The molecule has 4 aromatic rings. The molecule has 0 saturated carbocycles. The van der Waals surface area contributed by atoms with Gasteiger partial charge in [-0.05, 0) is 41.3 Å². The summed E-state index contributed by atoms with van der Waals surface area (Å²) in [5.74, 6) is 1.83. The number of aryl methyl sites for hydroxylation is 1. The summed E-state index contributed by atoms with van der Waals surface area (Å²) in [6, 6.07) is 22.4. The minimum atomic E-state index is -0.0153. The number of fused-ring (bicyclic) bond motifs is 1. The number of nitrogens with zero attached hydrogens (tertiary/aromatic N) is 3. The van der Waals surface area contributed by atoms with Crippen molar-refractivity contribution in [3.63, 3.8) is 0 Å². The van der Waals surface area contributed by atoms with Crippen LogP contribution in [-0.4, -0.2) is 33.0 Å². The highest BCUT2D eigenvalue weighted by atomic mass is 32.2. The highest BCUT2D eigenvalue weighted by Crippen LogP contribution is 2.27. The van der Waals surface area contributed by atoms with E-state index in [1.165, 1.54) is 28.1 Å². The molecule has 0 aliphatic rings. The molecule has 0 atom stereocenters. The van der Waals surface area contributed by atoms with E-state index in [-0.39, 0.29) is 5.91 Å². The fourth-order valence-corrected chi connectivity index (χ4v) is 4.23. The molecule has 4 rings (SSSR count). The zero-order chi connectivity index (χ0) is 22.3. The van der Waals surface area contributed by atoms with Gasteiger partial charge in [0.05, 0.1) is 5.75 Å². The quantitative estimate of drug-likeness (QED) is 0.388. The molecule has 0 spiro atoms. The lowest BCUT2D eigenvalue weighted by atomic mass is 10.0. The van der Waals surface area contributed by atoms with Crippen LogP contribution in [-0.2, 0) is 24.9 Å². The Labute approximate surface area is 192 Å². The van der Waals surface area contributed by atoms with E-state index in [0.29, 0.717) is 29.9 Å². The predicted molar refractivity (Wildman–Crippen MR) is 128 cm³/mol. The number of hydrogen-bond donors (Lipinski definition) is 1. The highest BCUT2D eigenvalue weighted by Gasteiger charge is 2.13. The van der Waals surface area contributed by atoms with E-state index in [1.54, 1.807) is 0 Å². The van der Waals surface area contributed by atoms with Crippen molar-refractivity contribution < 1.29 is 9.53 Å². The summed E-state index contributed by atoms with van der Waals surface area (Å²) in [6.45, 7) is 2.99. The van der Waals surface area contributed by atoms with E-state index in [1.807, 2.05) is 48.0 Å². The first kappa shape index (κ1) is 21.9. The van der Waals surface area contributed by atoms with E-state index in [9.17, 15) is 4.79 Å². The SMILES string of the molecule is Cc1c(OCc2nnc(SCC(=O)NCCc3ccccc3)n2C)ccc2ccccc12. The average Bonchev–Trinajstić information content (AvgIpc) is 3.17. The van der Waals surface area contributed by atoms with E-state index in [0.717, 1.165) is 17.7 Å². The summed E-state index contributed by atoms with van der Waals surface area (Å²) >= 11 is 1.37. The first-order valence-corrected chi connectivity index (χ1v) is 11.5. The van der Waals surface area contributed by atoms with Crippen LogP contribution < -0.4 is 10.1 Å². The molecule has 32 heavy (non-hydrogen) atoms. The van der Waals surface area contributed by atoms with Crippen molar-refractivity contribution in [3.8, 4) is 5.75 Å². The fourth-order valence-electron chi connectivity index (χ4n) is 3.47. The number of rotatable bonds is 9. The normalized spacial score (nSPS) is 10.9. The van der Waals surface area contributed by atoms with Crippen LogP contribution in [0, 0.1) is 6.92 Å². The van der Waals surface area contributed by atoms with E-state index in [4.69, 9.17) is 4.74 Å². The molecule has 0 aliphatic carbocycles. The molecule has 0 radical (unpaired) electrons. The summed E-state index contributed by atoms with van der Waals surface area (Å²) in [4.78, 5) is 12.2. The van der Waals surface area contributed by atoms with Crippen molar-refractivity contribution in [1.29, 1.82) is 0 Å². The summed E-state index contributed by atoms with van der Waals surface area (Å²) in [5, 5.41) is 14.5. The third-order valence-corrected chi connectivity index (χ3v) is 6.36. The predicted octanol–water partition coefficient (Wildman–Crippen LogP) is 4.31. The maximum atomic E-state index is 12.2. The van der Waals surface area contributed by atoms with E-state index < -0.39 is 0 Å². The number of amides is 1. The van der Waals surface area contributed by atoms with Crippen molar-refractivity contribution in [3.05, 3.63) is 83.7 Å². The Balaban J connectivity index is 1.28. The summed E-state index contributed by atoms with van der Waals surface area (Å²) in [6.07, 6.45) is 0.816. The van der Waals surface area contributed by atoms with Crippen LogP contribution in [0.15, 0.2) is 71.9 Å². The number of hydrogen-bond acceptors (Lipinski definition) is 5. The zero-order valence-electron chi connectivity index (χ0n) is 18.2. The van der Waals surface area contributed by atoms with E-state index >= 15 is 0 Å². The highest BCUT2D eigenvalue weighted by molar-refractivity contribution is 7.99. The van der Waals surface area contributed by atoms with Crippen LogP contribution in [0.1, 0.15) is 17.0 Å². The maximum Gasteiger partial charge on any atom is 0.230 e. The van der Waals surface area contributed by atoms with E-state index in [2.05, 4.69) is 52.8 Å². The Morgan fingerprint density at radius 1 is 1.03 bits per heavy atom. The van der Waals surface area contributed by atoms with Gasteiger partial charge >= 0.3 is 0 Å². The van der Waals surface area contributed by atoms with Gasteiger partial charge in [0.25, 0.3) is 0 Å². The van der Waals surface area contributed by atoms with Crippen molar-refractivity contribution in [1.82, 2.24) is 20.1 Å². The van der Waals surface area contributed by atoms with Crippen molar-refractivity contribution in [2.75, 3.05) is 12.3 Å². The molecule has 1 aromatic heterocycles. The molecule has 6 nitrogen and oxygen atoms in total. The molecular formula is C25H26N4O2S. The van der Waals surface area contributed by atoms with Gasteiger partial charge in [-0.15, -0.1) is 10.2 Å². The molecule has 0 bridgehead atoms. The lowest BCUT2D eigenvalue weighted by Gasteiger charge is -2.11. The summed E-state index contributed by atoms with van der Waals surface area (Å²) in [5.41, 5.74) is 2.31. The Morgan fingerprint density at radius 2 is 1.81 bits per heavy atom. The molecule has 0 unspecified atom stereocenters. The monoisotopic (exact) mass is 446 g/mol. The van der Waals surface area contributed by atoms with Crippen molar-refractivity contribution in [2.24, 2.45) is 7.05 Å². The first-order valence-electron chi connectivity index (χ1n) is 10.5. The topological polar surface area (TPSA) is 69.0 Å². The van der Waals surface area contributed by atoms with Crippen molar-refractivity contribution >= 4 is 28.4 Å². The first-order chi connectivity index (χ1) is 15.6. The number of aromatic nitrogens is 3. The van der Waals surface area contributed by atoms with Crippen LogP contribution >= 0.6 is 11.8 Å². The Bertz CT molecular complexity index is 1210. The molecule has 164 valence electrons. The number of carbonyl (C=O) groups is 1. The van der Waals surface area contributed by atoms with Gasteiger partial charge in [-0.3, -0.25) is 4.79 Å². The van der Waals surface area contributed by atoms with Gasteiger partial charge in [-0.1, -0.05) is 72.4 Å². The third kappa shape index (κ3) is 5.29. The molecule has 0 saturated heterocycles. The molecule has 0 fully saturated rings. The zero-order valence-corrected chi connectivity index (χ0v) is 19.1. The van der Waals surface area contributed by atoms with Gasteiger partial charge in [0, 0.05) is 13.6 Å². The molecule has 0 aliphatic heterocycles. The van der Waals surface area contributed by atoms with Crippen LogP contribution in [0.3, 0.4) is 0 Å². The second-order valence-electron chi connectivity index (χ2n) is 7.53. The summed E-state index contributed by atoms with van der Waals surface area (Å²) in [7, 11) is 1.89. The average molecular weight is 447 g/mol. The smallest absolute Gasteiger partial charge is 0.230 e. The fraction of sp³-hybridized carbons (Fsp3) is 0.240. The van der Waals surface area contributed by atoms with Crippen LogP contribution in [0.4, 0.5) is 0 Å². The summed E-state index contributed by atoms with van der Waals surface area (Å²) < 4.78 is 7.91. The molecule has 1 amide bonds. The minimum absolute atomic E-state index is 0.0153. The lowest BCUT2D eigenvalue weighted by molar-refractivity contribution is -0.118. The van der Waals surface area contributed by atoms with Gasteiger partial charge in [0.15, 0.2) is 11.0 Å². The maximum absolute atomic E-state index is 12.2. The largest absolute Gasteiger partial charge is 0.485 e. The van der Waals surface area contributed by atoms with Crippen LogP contribution in [0.5, 0.6) is 5.75 Å². The number of nitrogens with one attached hydrogen (secondary N) is 1. The second-order valence-corrected chi connectivity index (χ2v) is 8.47. The lowest BCUT2D eigenvalue weighted by Crippen LogP contribution is -2.27. The Hall–Kier alpha value is -3.32. The number of thioether (sulfide) groups is 1. The van der Waals surface area contributed by atoms with Gasteiger partial charge in [0.2, 0.25) is 5.91 Å². The van der Waals surface area contributed by atoms with Crippen LogP contribution in [0.2, 0.25) is 0 Å². The molecule has 1 heterocycles. The molecule has 3 aromatic carbocycles. The number of ether oxygens (including phenoxy) is 1. The van der Waals surface area contributed by atoms with Crippen molar-refractivity contribution in [2.45, 2.75) is 25.1 Å². The third-order valence-electron chi connectivity index (χ3n) is 5.34. The second kappa shape index (κ2) is 10.3. The molecule has 7 heteroatoms. The van der Waals surface area contributed by atoms with Gasteiger partial charge in [0.1, 0.15) is 12.4 Å². The van der Waals surface area contributed by atoms with Gasteiger partial charge in [-0.25, -0.2) is 0 Å². The Kier molecular flexibility index (Phi) is 7.07. The standard InChI is InChI=1S/C25H26N4O2S/c1-18-21-11-7-6-10-20(21)12-13-22(18)31-16-23-27-28-25(29(23)2)32-17-24(30)26-15-14-19-8-4-3-5-9-19/h3-13H,14-17H2,1-2H3,(H,26,30).